The quantitative estimate of drug-likeness (QED) is 0.857. The van der Waals surface area contributed by atoms with Gasteiger partial charge in [0.15, 0.2) is 0 Å². The van der Waals surface area contributed by atoms with Crippen LogP contribution in [0.15, 0.2) is 6.20 Å². The van der Waals surface area contributed by atoms with Crippen LogP contribution in [0.25, 0.3) is 11.4 Å². The van der Waals surface area contributed by atoms with Gasteiger partial charge in [0.05, 0.1) is 11.9 Å². The molecule has 6 heteroatoms. The predicted molar refractivity (Wildman–Crippen MR) is 65.2 cm³/mol. The average molecular weight is 232 g/mol. The van der Waals surface area contributed by atoms with Crippen molar-refractivity contribution in [1.82, 2.24) is 25.0 Å². The standard InChI is InChI=1S/C11H16N6/c1-4-5-9-14-10(7(2)11(12)15-9)8-6-13-16-17(8)3/h6H,4-5H2,1-3H3,(H2,12,14,15). The summed E-state index contributed by atoms with van der Waals surface area (Å²) in [6.45, 7) is 4.00. The molecule has 2 rings (SSSR count). The van der Waals surface area contributed by atoms with Gasteiger partial charge in [0.25, 0.3) is 0 Å². The maximum atomic E-state index is 5.91. The molecule has 2 heterocycles. The highest BCUT2D eigenvalue weighted by atomic mass is 15.4. The number of rotatable bonds is 3. The molecule has 2 N–H and O–H groups in total. The van der Waals surface area contributed by atoms with Gasteiger partial charge in [-0.05, 0) is 13.3 Å². The molecule has 0 aliphatic heterocycles. The summed E-state index contributed by atoms with van der Waals surface area (Å²) in [5.74, 6) is 1.30. The summed E-state index contributed by atoms with van der Waals surface area (Å²) in [7, 11) is 1.83. The van der Waals surface area contributed by atoms with Crippen LogP contribution < -0.4 is 5.73 Å². The van der Waals surface area contributed by atoms with E-state index in [4.69, 9.17) is 5.73 Å². The smallest absolute Gasteiger partial charge is 0.131 e. The van der Waals surface area contributed by atoms with E-state index in [0.29, 0.717) is 5.82 Å². The fourth-order valence-corrected chi connectivity index (χ4v) is 1.67. The Balaban J connectivity index is 2.56. The molecule has 0 bridgehead atoms. The lowest BCUT2D eigenvalue weighted by molar-refractivity contribution is 0.717. The lowest BCUT2D eigenvalue weighted by Crippen LogP contribution is -2.06. The van der Waals surface area contributed by atoms with Crippen molar-refractivity contribution in [2.75, 3.05) is 5.73 Å². The van der Waals surface area contributed by atoms with E-state index >= 15 is 0 Å². The van der Waals surface area contributed by atoms with Crippen LogP contribution in [-0.4, -0.2) is 25.0 Å². The van der Waals surface area contributed by atoms with Crippen LogP contribution in [-0.2, 0) is 13.5 Å². The Hall–Kier alpha value is -1.98. The summed E-state index contributed by atoms with van der Waals surface area (Å²) < 4.78 is 1.69. The Morgan fingerprint density at radius 1 is 1.35 bits per heavy atom. The number of aromatic nitrogens is 5. The van der Waals surface area contributed by atoms with Gasteiger partial charge in [-0.15, -0.1) is 5.10 Å². The second-order valence-corrected chi connectivity index (χ2v) is 3.99. The monoisotopic (exact) mass is 232 g/mol. The number of nitrogens with zero attached hydrogens (tertiary/aromatic N) is 5. The topological polar surface area (TPSA) is 82.5 Å². The van der Waals surface area contributed by atoms with E-state index in [0.717, 1.165) is 35.6 Å². The summed E-state index contributed by atoms with van der Waals surface area (Å²) in [5, 5.41) is 7.76. The SMILES string of the molecule is CCCc1nc(N)c(C)c(-c2cnnn2C)n1. The highest BCUT2D eigenvalue weighted by molar-refractivity contribution is 5.63. The third-order valence-corrected chi connectivity index (χ3v) is 2.66. The summed E-state index contributed by atoms with van der Waals surface area (Å²) in [6, 6.07) is 0. The van der Waals surface area contributed by atoms with Crippen molar-refractivity contribution in [3.63, 3.8) is 0 Å². The molecule has 6 nitrogen and oxygen atoms in total. The zero-order valence-electron chi connectivity index (χ0n) is 10.3. The van der Waals surface area contributed by atoms with Crippen LogP contribution in [0.3, 0.4) is 0 Å². The van der Waals surface area contributed by atoms with Gasteiger partial charge in [0, 0.05) is 19.0 Å². The number of nitrogen functional groups attached to an aromatic ring is 1. The molecule has 0 spiro atoms. The van der Waals surface area contributed by atoms with Crippen molar-refractivity contribution in [1.29, 1.82) is 0 Å². The Morgan fingerprint density at radius 3 is 2.71 bits per heavy atom. The highest BCUT2D eigenvalue weighted by Gasteiger charge is 2.13. The number of hydrogen-bond donors (Lipinski definition) is 1. The molecular weight excluding hydrogens is 216 g/mol. The van der Waals surface area contributed by atoms with Gasteiger partial charge in [0.2, 0.25) is 0 Å². The van der Waals surface area contributed by atoms with Gasteiger partial charge in [-0.2, -0.15) is 0 Å². The van der Waals surface area contributed by atoms with Crippen LogP contribution in [0, 0.1) is 6.92 Å². The lowest BCUT2D eigenvalue weighted by Gasteiger charge is -2.09. The van der Waals surface area contributed by atoms with E-state index in [1.165, 1.54) is 0 Å². The van der Waals surface area contributed by atoms with Crippen molar-refractivity contribution in [2.24, 2.45) is 7.05 Å². The van der Waals surface area contributed by atoms with E-state index in [1.54, 1.807) is 10.9 Å². The minimum absolute atomic E-state index is 0.527. The largest absolute Gasteiger partial charge is 0.383 e. The summed E-state index contributed by atoms with van der Waals surface area (Å²) in [4.78, 5) is 8.81. The van der Waals surface area contributed by atoms with Crippen molar-refractivity contribution < 1.29 is 0 Å². The molecule has 0 fully saturated rings. The summed E-state index contributed by atoms with van der Waals surface area (Å²) in [5.41, 5.74) is 8.45. The maximum Gasteiger partial charge on any atom is 0.131 e. The van der Waals surface area contributed by atoms with Gasteiger partial charge in [-0.25, -0.2) is 14.6 Å². The number of nitrogens with two attached hydrogens (primary N) is 1. The van der Waals surface area contributed by atoms with Crippen molar-refractivity contribution >= 4 is 5.82 Å². The zero-order chi connectivity index (χ0) is 12.4. The number of anilines is 1. The fraction of sp³-hybridized carbons (Fsp3) is 0.455. The molecule has 0 aromatic carbocycles. The first-order valence-electron chi connectivity index (χ1n) is 5.61. The normalized spacial score (nSPS) is 10.8. The van der Waals surface area contributed by atoms with E-state index < -0.39 is 0 Å². The average Bonchev–Trinajstić information content (AvgIpc) is 2.70. The second-order valence-electron chi connectivity index (χ2n) is 3.99. The Morgan fingerprint density at radius 2 is 2.12 bits per heavy atom. The minimum Gasteiger partial charge on any atom is -0.383 e. The van der Waals surface area contributed by atoms with E-state index in [2.05, 4.69) is 27.2 Å². The third kappa shape index (κ3) is 2.11. The molecular formula is C11H16N6. The predicted octanol–water partition coefficient (Wildman–Crippen LogP) is 1.12. The fourth-order valence-electron chi connectivity index (χ4n) is 1.67. The molecule has 17 heavy (non-hydrogen) atoms. The molecule has 0 radical (unpaired) electrons. The molecule has 0 aliphatic carbocycles. The van der Waals surface area contributed by atoms with Gasteiger partial charge < -0.3 is 5.73 Å². The lowest BCUT2D eigenvalue weighted by atomic mass is 10.1. The van der Waals surface area contributed by atoms with Crippen LogP contribution in [0.1, 0.15) is 24.7 Å². The van der Waals surface area contributed by atoms with Gasteiger partial charge in [-0.3, -0.25) is 0 Å². The molecule has 0 amide bonds. The third-order valence-electron chi connectivity index (χ3n) is 2.66. The zero-order valence-corrected chi connectivity index (χ0v) is 10.3. The van der Waals surface area contributed by atoms with Crippen molar-refractivity contribution in [3.05, 3.63) is 17.6 Å². The summed E-state index contributed by atoms with van der Waals surface area (Å²) >= 11 is 0. The molecule has 0 saturated heterocycles. The molecule has 0 unspecified atom stereocenters. The number of aryl methyl sites for hydroxylation is 2. The Labute approximate surface area is 99.9 Å². The number of hydrogen-bond acceptors (Lipinski definition) is 5. The van der Waals surface area contributed by atoms with E-state index in [-0.39, 0.29) is 0 Å². The first-order valence-corrected chi connectivity index (χ1v) is 5.61. The summed E-state index contributed by atoms with van der Waals surface area (Å²) in [6.07, 6.45) is 3.50. The minimum atomic E-state index is 0.527. The highest BCUT2D eigenvalue weighted by Crippen LogP contribution is 2.23. The van der Waals surface area contributed by atoms with Crippen LogP contribution in [0.2, 0.25) is 0 Å². The Kier molecular flexibility index (Phi) is 3.03. The molecule has 2 aromatic heterocycles. The van der Waals surface area contributed by atoms with Crippen molar-refractivity contribution in [3.8, 4) is 11.4 Å². The van der Waals surface area contributed by atoms with Gasteiger partial charge >= 0.3 is 0 Å². The molecule has 0 atom stereocenters. The van der Waals surface area contributed by atoms with Gasteiger partial charge in [0.1, 0.15) is 17.3 Å². The second kappa shape index (κ2) is 4.48. The van der Waals surface area contributed by atoms with Crippen LogP contribution in [0.4, 0.5) is 5.82 Å². The molecule has 0 saturated carbocycles. The maximum absolute atomic E-state index is 5.91. The van der Waals surface area contributed by atoms with Crippen LogP contribution >= 0.6 is 0 Å². The first kappa shape index (κ1) is 11.5. The van der Waals surface area contributed by atoms with E-state index in [1.807, 2.05) is 14.0 Å². The molecule has 0 aliphatic rings. The molecule has 90 valence electrons. The van der Waals surface area contributed by atoms with Crippen molar-refractivity contribution in [2.45, 2.75) is 26.7 Å². The van der Waals surface area contributed by atoms with E-state index in [9.17, 15) is 0 Å². The van der Waals surface area contributed by atoms with Gasteiger partial charge in [-0.1, -0.05) is 12.1 Å². The first-order chi connectivity index (χ1) is 8.13. The Bertz CT molecular complexity index is 531. The molecule has 2 aromatic rings. The van der Waals surface area contributed by atoms with Crippen LogP contribution in [0.5, 0.6) is 0 Å².